The maximum Gasteiger partial charge on any atom is 0.407 e. The van der Waals surface area contributed by atoms with Gasteiger partial charge in [0.15, 0.2) is 0 Å². The largest absolute Gasteiger partial charge is 0.453 e. The molecule has 3 saturated carbocycles. The van der Waals surface area contributed by atoms with Crippen molar-refractivity contribution in [1.29, 1.82) is 0 Å². The van der Waals surface area contributed by atoms with E-state index in [0.29, 0.717) is 24.3 Å². The number of likely N-dealkylation sites (tertiary alicyclic amines) is 1. The molecule has 0 atom stereocenters. The van der Waals surface area contributed by atoms with Gasteiger partial charge in [0.2, 0.25) is 5.91 Å². The number of nitrogens with one attached hydrogen (secondary N) is 1. The number of benzene rings is 1. The molecule has 5 nitrogen and oxygen atoms in total. The molecule has 0 bridgehead atoms. The fourth-order valence-corrected chi connectivity index (χ4v) is 6.63. The SMILES string of the molecule is COC(=O)NC1(C)CC(C(=O)N2CCC3(CC2)CC(c2ccc(C4(C(F)(F)F)CC4)cc2)C3)C1. The van der Waals surface area contributed by atoms with Gasteiger partial charge in [-0.2, -0.15) is 13.2 Å². The molecule has 5 rings (SSSR count). The first kappa shape index (κ1) is 23.5. The summed E-state index contributed by atoms with van der Waals surface area (Å²) in [5, 5.41) is 2.82. The summed E-state index contributed by atoms with van der Waals surface area (Å²) in [6.07, 6.45) is 1.08. The van der Waals surface area contributed by atoms with Gasteiger partial charge in [0, 0.05) is 24.5 Å². The molecule has 1 spiro atoms. The van der Waals surface area contributed by atoms with Crippen LogP contribution in [0.3, 0.4) is 0 Å². The highest BCUT2D eigenvalue weighted by atomic mass is 19.4. The summed E-state index contributed by atoms with van der Waals surface area (Å²) in [6.45, 7) is 3.46. The van der Waals surface area contributed by atoms with Crippen molar-refractivity contribution in [2.45, 2.75) is 81.3 Å². The third kappa shape index (κ3) is 3.97. The fraction of sp³-hybridized carbons (Fsp3) is 0.692. The highest BCUT2D eigenvalue weighted by molar-refractivity contribution is 5.81. The molecule has 1 heterocycles. The van der Waals surface area contributed by atoms with E-state index >= 15 is 0 Å². The fourth-order valence-electron chi connectivity index (χ4n) is 6.63. The highest BCUT2D eigenvalue weighted by Gasteiger charge is 2.64. The van der Waals surface area contributed by atoms with Crippen LogP contribution >= 0.6 is 0 Å². The Hall–Kier alpha value is -2.25. The summed E-state index contributed by atoms with van der Waals surface area (Å²) in [4.78, 5) is 26.4. The summed E-state index contributed by atoms with van der Waals surface area (Å²) in [7, 11) is 1.33. The van der Waals surface area contributed by atoms with Gasteiger partial charge in [-0.25, -0.2) is 4.79 Å². The van der Waals surface area contributed by atoms with Crippen LogP contribution in [0.4, 0.5) is 18.0 Å². The minimum atomic E-state index is -4.17. The van der Waals surface area contributed by atoms with Crippen molar-refractivity contribution in [2.75, 3.05) is 20.2 Å². The van der Waals surface area contributed by atoms with Gasteiger partial charge in [-0.05, 0) is 80.8 Å². The van der Waals surface area contributed by atoms with Gasteiger partial charge in [0.25, 0.3) is 0 Å². The first-order valence-electron chi connectivity index (χ1n) is 12.3. The standard InChI is InChI=1S/C26H33F3N2O3/c1-23(30-22(33)34-2)13-19(14-23)21(32)31-11-9-24(10-12-31)15-18(16-24)17-3-5-20(6-4-17)25(7-8-25)26(27,28)29/h3-6,18-19H,7-16H2,1-2H3,(H,30,33). The van der Waals surface area contributed by atoms with E-state index in [-0.39, 0.29) is 35.6 Å². The molecule has 1 saturated heterocycles. The Morgan fingerprint density at radius 1 is 1.00 bits per heavy atom. The highest BCUT2D eigenvalue weighted by Crippen LogP contribution is 2.60. The first-order chi connectivity index (χ1) is 16.0. The molecule has 4 fully saturated rings. The third-order valence-electron chi connectivity index (χ3n) is 9.05. The Bertz CT molecular complexity index is 948. The first-order valence-corrected chi connectivity index (χ1v) is 12.3. The van der Waals surface area contributed by atoms with Crippen LogP contribution in [0.15, 0.2) is 24.3 Å². The van der Waals surface area contributed by atoms with Crippen LogP contribution in [-0.2, 0) is 14.9 Å². The summed E-state index contributed by atoms with van der Waals surface area (Å²) >= 11 is 0. The third-order valence-corrected chi connectivity index (χ3v) is 9.05. The molecule has 3 aliphatic carbocycles. The van der Waals surface area contributed by atoms with Gasteiger partial charge < -0.3 is 15.0 Å². The minimum Gasteiger partial charge on any atom is -0.453 e. The zero-order chi connectivity index (χ0) is 24.4. The minimum absolute atomic E-state index is 0.0460. The van der Waals surface area contributed by atoms with Crippen LogP contribution in [0.5, 0.6) is 0 Å². The average Bonchev–Trinajstić information content (AvgIpc) is 3.58. The Kier molecular flexibility index (Phi) is 5.45. The van der Waals surface area contributed by atoms with Crippen molar-refractivity contribution in [3.05, 3.63) is 35.4 Å². The van der Waals surface area contributed by atoms with Crippen LogP contribution < -0.4 is 5.32 Å². The molecule has 1 aromatic rings. The van der Waals surface area contributed by atoms with E-state index in [9.17, 15) is 22.8 Å². The molecule has 34 heavy (non-hydrogen) atoms. The topological polar surface area (TPSA) is 58.6 Å². The predicted octanol–water partition coefficient (Wildman–Crippen LogP) is 5.29. The Morgan fingerprint density at radius 2 is 1.59 bits per heavy atom. The maximum atomic E-state index is 13.4. The summed E-state index contributed by atoms with van der Waals surface area (Å²) in [6, 6.07) is 7.16. The van der Waals surface area contributed by atoms with Crippen molar-refractivity contribution in [3.63, 3.8) is 0 Å². The second-order valence-corrected chi connectivity index (χ2v) is 11.4. The second-order valence-electron chi connectivity index (χ2n) is 11.4. The molecular formula is C26H33F3N2O3. The molecule has 8 heteroatoms. The monoisotopic (exact) mass is 478 g/mol. The number of alkyl halides is 3. The maximum absolute atomic E-state index is 13.4. The lowest BCUT2D eigenvalue weighted by Crippen LogP contribution is -2.59. The van der Waals surface area contributed by atoms with E-state index in [4.69, 9.17) is 0 Å². The van der Waals surface area contributed by atoms with Gasteiger partial charge >= 0.3 is 12.3 Å². The lowest BCUT2D eigenvalue weighted by Gasteiger charge is -2.53. The van der Waals surface area contributed by atoms with Crippen LogP contribution in [-0.4, -0.2) is 48.8 Å². The normalized spacial score (nSPS) is 29.7. The van der Waals surface area contributed by atoms with E-state index in [1.807, 2.05) is 24.0 Å². The van der Waals surface area contributed by atoms with E-state index < -0.39 is 17.7 Å². The average molecular weight is 479 g/mol. The number of alkyl carbamates (subject to hydrolysis) is 1. The van der Waals surface area contributed by atoms with Crippen molar-refractivity contribution in [2.24, 2.45) is 11.3 Å². The molecular weight excluding hydrogens is 445 g/mol. The summed E-state index contributed by atoms with van der Waals surface area (Å²) < 4.78 is 44.8. The lowest BCUT2D eigenvalue weighted by atomic mass is 9.56. The van der Waals surface area contributed by atoms with E-state index in [2.05, 4.69) is 10.1 Å². The number of hydrogen-bond donors (Lipinski definition) is 1. The van der Waals surface area contributed by atoms with E-state index in [1.54, 1.807) is 12.1 Å². The van der Waals surface area contributed by atoms with Crippen LogP contribution in [0.1, 0.15) is 75.3 Å². The number of rotatable bonds is 4. The molecule has 0 unspecified atom stereocenters. The molecule has 0 aromatic heterocycles. The number of amides is 2. The van der Waals surface area contributed by atoms with Gasteiger partial charge in [-0.15, -0.1) is 0 Å². The van der Waals surface area contributed by atoms with Gasteiger partial charge in [-0.3, -0.25) is 4.79 Å². The number of hydrogen-bond acceptors (Lipinski definition) is 3. The number of nitrogens with zero attached hydrogens (tertiary/aromatic N) is 1. The van der Waals surface area contributed by atoms with E-state index in [1.165, 1.54) is 7.11 Å². The molecule has 186 valence electrons. The Labute approximate surface area is 198 Å². The molecule has 2 amide bonds. The molecule has 1 aliphatic heterocycles. The smallest absolute Gasteiger partial charge is 0.407 e. The van der Waals surface area contributed by atoms with Crippen molar-refractivity contribution < 1.29 is 27.5 Å². The van der Waals surface area contributed by atoms with Crippen LogP contribution in [0.2, 0.25) is 0 Å². The van der Waals surface area contributed by atoms with Crippen LogP contribution in [0, 0.1) is 11.3 Å². The van der Waals surface area contributed by atoms with Gasteiger partial charge in [-0.1, -0.05) is 24.3 Å². The van der Waals surface area contributed by atoms with Gasteiger partial charge in [0.1, 0.15) is 0 Å². The Balaban J connectivity index is 1.10. The second kappa shape index (κ2) is 7.89. The molecule has 1 N–H and O–H groups in total. The predicted molar refractivity (Wildman–Crippen MR) is 120 cm³/mol. The summed E-state index contributed by atoms with van der Waals surface area (Å²) in [5.41, 5.74) is -0.194. The van der Waals surface area contributed by atoms with Crippen molar-refractivity contribution in [3.8, 4) is 0 Å². The molecule has 1 aromatic carbocycles. The quantitative estimate of drug-likeness (QED) is 0.640. The number of carbonyl (C=O) groups excluding carboxylic acids is 2. The molecule has 0 radical (unpaired) electrons. The lowest BCUT2D eigenvalue weighted by molar-refractivity contribution is -0.160. The number of piperidine rings is 1. The zero-order valence-electron chi connectivity index (χ0n) is 19.8. The number of carbonyl (C=O) groups is 2. The van der Waals surface area contributed by atoms with Crippen molar-refractivity contribution in [1.82, 2.24) is 10.2 Å². The summed E-state index contributed by atoms with van der Waals surface area (Å²) in [5.74, 6) is 0.536. The zero-order valence-corrected chi connectivity index (χ0v) is 19.8. The molecule has 4 aliphatic rings. The van der Waals surface area contributed by atoms with E-state index in [0.717, 1.165) is 44.3 Å². The number of halogens is 3. The van der Waals surface area contributed by atoms with Crippen LogP contribution in [0.25, 0.3) is 0 Å². The number of ether oxygens (including phenoxy) is 1. The Morgan fingerprint density at radius 3 is 2.09 bits per heavy atom. The van der Waals surface area contributed by atoms with Crippen molar-refractivity contribution >= 4 is 12.0 Å². The van der Waals surface area contributed by atoms with Gasteiger partial charge in [0.05, 0.1) is 12.5 Å². The number of methoxy groups -OCH3 is 1.